The third-order valence-corrected chi connectivity index (χ3v) is 12.9. The van der Waals surface area contributed by atoms with Crippen LogP contribution >= 0.6 is 0 Å². The molecule has 3 heterocycles. The maximum atomic E-state index is 15.0. The van der Waals surface area contributed by atoms with E-state index in [4.69, 9.17) is 9.72 Å². The smallest absolute Gasteiger partial charge is 0.509 e. The molecule has 0 bridgehead atoms. The molecule has 0 saturated heterocycles. The minimum atomic E-state index is -0.656. The van der Waals surface area contributed by atoms with Crippen LogP contribution in [0.5, 0.6) is 11.5 Å². The van der Waals surface area contributed by atoms with Gasteiger partial charge in [0.1, 0.15) is 23.1 Å². The fraction of sp³-hybridized carbons (Fsp3) is 0.129. The first-order valence-corrected chi connectivity index (χ1v) is 23.2. The van der Waals surface area contributed by atoms with E-state index in [9.17, 15) is 8.78 Å². The number of rotatable bonds is 8. The summed E-state index contributed by atoms with van der Waals surface area (Å²) in [4.78, 5) is 4.88. The second-order valence-electron chi connectivity index (χ2n) is 19.6. The van der Waals surface area contributed by atoms with Crippen molar-refractivity contribution in [2.75, 3.05) is 0 Å². The van der Waals surface area contributed by atoms with Crippen molar-refractivity contribution in [3.63, 3.8) is 0 Å². The summed E-state index contributed by atoms with van der Waals surface area (Å²) in [5.41, 5.74) is 12.0. The van der Waals surface area contributed by atoms with Crippen LogP contribution in [0.25, 0.3) is 61.0 Å². The fourth-order valence-electron chi connectivity index (χ4n) is 9.31. The van der Waals surface area contributed by atoms with Crippen LogP contribution in [0.3, 0.4) is 0 Å². The Kier molecular flexibility index (Phi) is 11.9. The van der Waals surface area contributed by atoms with E-state index in [0.29, 0.717) is 28.3 Å². The molecule has 8 aromatic carbocycles. The van der Waals surface area contributed by atoms with Crippen molar-refractivity contribution in [3.8, 4) is 50.7 Å². The van der Waals surface area contributed by atoms with Crippen LogP contribution in [0.4, 0.5) is 31.5 Å². The number of pyridine rings is 1. The predicted octanol–water partition coefficient (Wildman–Crippen LogP) is 16.3. The van der Waals surface area contributed by atoms with Gasteiger partial charge in [-0.3, -0.25) is 0 Å². The number of hydrogen-bond donors (Lipinski definition) is 0. The molecule has 0 spiro atoms. The number of ether oxygens (including phenoxy) is 1. The van der Waals surface area contributed by atoms with Gasteiger partial charge in [-0.05, 0) is 91.1 Å². The number of para-hydroxylation sites is 4. The van der Waals surface area contributed by atoms with Gasteiger partial charge in [-0.15, -0.1) is 29.1 Å². The zero-order valence-electron chi connectivity index (χ0n) is 39.6. The first-order chi connectivity index (χ1) is 33.3. The Morgan fingerprint density at radius 2 is 1.19 bits per heavy atom. The van der Waals surface area contributed by atoms with Crippen molar-refractivity contribution < 1.29 is 34.6 Å². The quantitative estimate of drug-likeness (QED) is 0.112. The van der Waals surface area contributed by atoms with Gasteiger partial charge in [0, 0.05) is 41.4 Å². The van der Waals surface area contributed by atoms with E-state index in [1.54, 1.807) is 0 Å². The molecule has 0 N–H and O–H groups in total. The summed E-state index contributed by atoms with van der Waals surface area (Å²) in [6.07, 6.45) is 1.88. The summed E-state index contributed by atoms with van der Waals surface area (Å²) in [6, 6.07) is 67.9. The van der Waals surface area contributed by atoms with E-state index < -0.39 is 11.6 Å². The maximum Gasteiger partial charge on any atom is 2.00 e. The SMILES string of the molecule is CC(C)(C)c1ccc(-c2cc(Oc3[c-]c4c(cc3)c3ccccc3n4-c3cc(C(C)(C)C)ccn3)[c-]c([N+]3=C=[N+](c4c(-c5ccccc5)cccc4-c4cc(F)cc(F)c4)c4ccccc43)c2)cc1.[Pt+2]. The molecule has 1 aliphatic heterocycles. The fourth-order valence-corrected chi connectivity index (χ4v) is 9.31. The normalized spacial score (nSPS) is 12.4. The Bertz CT molecular complexity index is 3710. The number of halogens is 2. The summed E-state index contributed by atoms with van der Waals surface area (Å²) in [5, 5.41) is 2.13. The molecule has 0 unspecified atom stereocenters. The van der Waals surface area contributed by atoms with Crippen molar-refractivity contribution in [2.45, 2.75) is 52.4 Å². The third-order valence-electron chi connectivity index (χ3n) is 12.9. The molecule has 0 amide bonds. The van der Waals surface area contributed by atoms with Gasteiger partial charge in [0.05, 0.1) is 11.1 Å². The van der Waals surface area contributed by atoms with Crippen LogP contribution in [-0.2, 0) is 31.9 Å². The summed E-state index contributed by atoms with van der Waals surface area (Å²) in [5.74, 6) is 0.486. The summed E-state index contributed by atoms with van der Waals surface area (Å²) >= 11 is 0. The molecular weight excluding hydrogens is 1050 g/mol. The molecule has 0 aliphatic carbocycles. The molecule has 2 aromatic heterocycles. The van der Waals surface area contributed by atoms with Crippen molar-refractivity contribution >= 4 is 50.6 Å². The Hall–Kier alpha value is -7.56. The zero-order valence-corrected chi connectivity index (χ0v) is 41.9. The van der Waals surface area contributed by atoms with Crippen molar-refractivity contribution in [1.29, 1.82) is 0 Å². The third kappa shape index (κ3) is 8.61. The van der Waals surface area contributed by atoms with Gasteiger partial charge < -0.3 is 9.30 Å². The molecule has 344 valence electrons. The van der Waals surface area contributed by atoms with E-state index in [1.807, 2.05) is 106 Å². The molecule has 0 saturated carbocycles. The Morgan fingerprint density at radius 3 is 1.90 bits per heavy atom. The Balaban J connectivity index is 0.00000567. The van der Waals surface area contributed by atoms with E-state index in [1.165, 1.54) is 23.3 Å². The van der Waals surface area contributed by atoms with Gasteiger partial charge in [-0.2, -0.15) is 6.07 Å². The average Bonchev–Trinajstić information content (AvgIpc) is 3.89. The molecule has 8 heteroatoms. The second kappa shape index (κ2) is 18.1. The zero-order chi connectivity index (χ0) is 47.6. The molecule has 0 radical (unpaired) electrons. The Labute approximate surface area is 421 Å². The number of benzene rings is 8. The van der Waals surface area contributed by atoms with E-state index >= 15 is 0 Å². The molecule has 70 heavy (non-hydrogen) atoms. The van der Waals surface area contributed by atoms with Gasteiger partial charge in [0.25, 0.3) is 11.4 Å². The van der Waals surface area contributed by atoms with Crippen LogP contribution in [0.1, 0.15) is 52.7 Å². The number of fused-ring (bicyclic) bond motifs is 4. The average molecular weight is 1100 g/mol. The maximum absolute atomic E-state index is 15.0. The van der Waals surface area contributed by atoms with Crippen molar-refractivity contribution in [2.24, 2.45) is 0 Å². The summed E-state index contributed by atoms with van der Waals surface area (Å²) in [6.45, 7) is 13.2. The predicted molar refractivity (Wildman–Crippen MR) is 277 cm³/mol. The van der Waals surface area contributed by atoms with Gasteiger partial charge >= 0.3 is 27.1 Å². The van der Waals surface area contributed by atoms with Crippen molar-refractivity contribution in [1.82, 2.24) is 18.7 Å². The summed E-state index contributed by atoms with van der Waals surface area (Å²) in [7, 11) is 0. The number of hydrogen-bond acceptors (Lipinski definition) is 2. The van der Waals surface area contributed by atoms with Gasteiger partial charge in [0.15, 0.2) is 0 Å². The minimum absolute atomic E-state index is 0. The van der Waals surface area contributed by atoms with E-state index in [-0.39, 0.29) is 31.9 Å². The van der Waals surface area contributed by atoms with E-state index in [2.05, 4.69) is 131 Å². The molecule has 0 atom stereocenters. The largest absolute Gasteiger partial charge is 2.00 e. The molecule has 0 fully saturated rings. The molecular formula is C62H48F2N4OPt+2. The number of nitrogens with zero attached hydrogens (tertiary/aromatic N) is 4. The topological polar surface area (TPSA) is 33.1 Å². The molecule has 10 aromatic rings. The van der Waals surface area contributed by atoms with Gasteiger partial charge in [-0.1, -0.05) is 155 Å². The standard InChI is InChI=1S/C62H48F2N4O.Pt/c1-61(2,3)44-25-23-40(24-26-44)42-33-48(37-50(34-42)69-49-27-28-54-53-17-10-11-20-55(53)68(58(54)38-49)59-35-45(29-30-65-59)62(4,5)6)66-39-67(57-22-13-12-21-56(57)66)60-51(41-15-8-7-9-16-41)18-14-19-52(60)43-31-46(63)36-47(64)32-43;/h7-36H,1-6H3;/q;+2. The van der Waals surface area contributed by atoms with Crippen LogP contribution in [0.2, 0.25) is 0 Å². The molecule has 11 rings (SSSR count). The van der Waals surface area contributed by atoms with Crippen LogP contribution in [-0.4, -0.2) is 15.6 Å². The van der Waals surface area contributed by atoms with E-state index in [0.717, 1.165) is 73.0 Å². The van der Waals surface area contributed by atoms with Crippen LogP contribution in [0.15, 0.2) is 182 Å². The monoisotopic (exact) mass is 1100 g/mol. The first kappa shape index (κ1) is 46.2. The van der Waals surface area contributed by atoms with Gasteiger partial charge in [0.2, 0.25) is 5.69 Å². The first-order valence-electron chi connectivity index (χ1n) is 23.2. The summed E-state index contributed by atoms with van der Waals surface area (Å²) < 4.78 is 43.0. The number of aromatic nitrogens is 2. The van der Waals surface area contributed by atoms with Crippen LogP contribution in [0, 0.1) is 23.8 Å². The van der Waals surface area contributed by atoms with Crippen molar-refractivity contribution in [3.05, 3.63) is 217 Å². The molecule has 5 nitrogen and oxygen atoms in total. The van der Waals surface area contributed by atoms with Crippen LogP contribution < -0.4 is 13.9 Å². The second-order valence-corrected chi connectivity index (χ2v) is 19.6. The van der Waals surface area contributed by atoms with Gasteiger partial charge in [-0.25, -0.2) is 13.8 Å². The minimum Gasteiger partial charge on any atom is -0.509 e. The Morgan fingerprint density at radius 1 is 0.529 bits per heavy atom. The molecule has 1 aliphatic rings.